The number of rotatable bonds is 3. The maximum atomic E-state index is 13.2. The molecule has 1 aliphatic heterocycles. The highest BCUT2D eigenvalue weighted by Gasteiger charge is 2.29. The van der Waals surface area contributed by atoms with Crippen molar-refractivity contribution in [3.8, 4) is 0 Å². The van der Waals surface area contributed by atoms with Crippen molar-refractivity contribution in [1.82, 2.24) is 9.21 Å². The van der Waals surface area contributed by atoms with Crippen LogP contribution in [0.3, 0.4) is 0 Å². The maximum absolute atomic E-state index is 13.2. The Morgan fingerprint density at radius 2 is 1.95 bits per heavy atom. The molecule has 5 nitrogen and oxygen atoms in total. The van der Waals surface area contributed by atoms with Gasteiger partial charge in [-0.2, -0.15) is 4.31 Å². The Morgan fingerprint density at radius 1 is 1.23 bits per heavy atom. The molecule has 0 aliphatic carbocycles. The van der Waals surface area contributed by atoms with Gasteiger partial charge in [-0.05, 0) is 37.1 Å². The van der Waals surface area contributed by atoms with Crippen LogP contribution in [0.25, 0.3) is 0 Å². The molecule has 122 valence electrons. The molecule has 1 aromatic rings. The first-order valence-corrected chi connectivity index (χ1v) is 8.84. The first-order valence-electron chi connectivity index (χ1n) is 7.40. The van der Waals surface area contributed by atoms with Gasteiger partial charge >= 0.3 is 0 Å². The largest absolute Gasteiger partial charge is 0.341 e. The number of hydrogen-bond donors (Lipinski definition) is 0. The minimum absolute atomic E-state index is 0.0391. The molecule has 1 saturated heterocycles. The van der Waals surface area contributed by atoms with Crippen molar-refractivity contribution in [3.05, 3.63) is 29.6 Å². The van der Waals surface area contributed by atoms with Crippen LogP contribution < -0.4 is 0 Å². The molecule has 0 radical (unpaired) electrons. The molecular formula is C15H21FN2O3S. The first kappa shape index (κ1) is 16.9. The molecule has 0 bridgehead atoms. The van der Waals surface area contributed by atoms with Crippen molar-refractivity contribution in [2.45, 2.75) is 31.6 Å². The summed E-state index contributed by atoms with van der Waals surface area (Å²) in [5.41, 5.74) is 0.394. The average molecular weight is 328 g/mol. The van der Waals surface area contributed by atoms with Crippen molar-refractivity contribution in [2.75, 3.05) is 26.2 Å². The number of aryl methyl sites for hydroxylation is 1. The third kappa shape index (κ3) is 3.47. The standard InChI is InChI=1S/C15H21FN2O3S/c1-3-15(19)17-7-4-8-18(10-9-17)22(20,21)14-6-5-13(16)11-12(14)2/h5-6,11H,3-4,7-10H2,1-2H3. The lowest BCUT2D eigenvalue weighted by molar-refractivity contribution is -0.130. The molecule has 0 spiro atoms. The molecule has 1 aliphatic rings. The van der Waals surface area contributed by atoms with Gasteiger partial charge in [0.15, 0.2) is 0 Å². The van der Waals surface area contributed by atoms with Crippen LogP contribution in [0.15, 0.2) is 23.1 Å². The molecule has 0 N–H and O–H groups in total. The first-order chi connectivity index (χ1) is 10.4. The summed E-state index contributed by atoms with van der Waals surface area (Å²) in [7, 11) is -3.66. The van der Waals surface area contributed by atoms with Gasteiger partial charge in [0.1, 0.15) is 5.82 Å². The number of carbonyl (C=O) groups excluding carboxylic acids is 1. The average Bonchev–Trinajstić information content (AvgIpc) is 2.72. The lowest BCUT2D eigenvalue weighted by atomic mass is 10.2. The highest BCUT2D eigenvalue weighted by atomic mass is 32.2. The number of hydrogen-bond acceptors (Lipinski definition) is 3. The summed E-state index contributed by atoms with van der Waals surface area (Å²) >= 11 is 0. The summed E-state index contributed by atoms with van der Waals surface area (Å²) in [5.74, 6) is -0.413. The van der Waals surface area contributed by atoms with Crippen LogP contribution in [0, 0.1) is 12.7 Å². The zero-order valence-corrected chi connectivity index (χ0v) is 13.7. The predicted molar refractivity (Wildman–Crippen MR) is 81.4 cm³/mol. The summed E-state index contributed by atoms with van der Waals surface area (Å²) in [5, 5.41) is 0. The van der Waals surface area contributed by atoms with E-state index >= 15 is 0 Å². The van der Waals surface area contributed by atoms with Crippen molar-refractivity contribution in [2.24, 2.45) is 0 Å². The Kier molecular flexibility index (Phi) is 5.18. The van der Waals surface area contributed by atoms with Gasteiger partial charge < -0.3 is 4.90 Å². The van der Waals surface area contributed by atoms with Gasteiger partial charge in [0.2, 0.25) is 15.9 Å². The van der Waals surface area contributed by atoms with Gasteiger partial charge in [-0.25, -0.2) is 12.8 Å². The zero-order chi connectivity index (χ0) is 16.3. The van der Waals surface area contributed by atoms with Crippen LogP contribution in [-0.4, -0.2) is 49.7 Å². The molecule has 1 heterocycles. The van der Waals surface area contributed by atoms with E-state index in [0.717, 1.165) is 6.07 Å². The van der Waals surface area contributed by atoms with Crippen LogP contribution in [0.5, 0.6) is 0 Å². The van der Waals surface area contributed by atoms with Gasteiger partial charge in [0.05, 0.1) is 4.90 Å². The molecule has 7 heteroatoms. The van der Waals surface area contributed by atoms with E-state index in [1.165, 1.54) is 16.4 Å². The minimum Gasteiger partial charge on any atom is -0.341 e. The molecule has 2 rings (SSSR count). The van der Waals surface area contributed by atoms with Crippen molar-refractivity contribution in [3.63, 3.8) is 0 Å². The topological polar surface area (TPSA) is 57.7 Å². The van der Waals surface area contributed by atoms with Gasteiger partial charge in [0, 0.05) is 32.6 Å². The third-order valence-electron chi connectivity index (χ3n) is 3.86. The predicted octanol–water partition coefficient (Wildman–Crippen LogP) is 1.77. The number of benzene rings is 1. The molecule has 0 atom stereocenters. The van der Waals surface area contributed by atoms with Gasteiger partial charge in [-0.3, -0.25) is 4.79 Å². The minimum atomic E-state index is -3.66. The van der Waals surface area contributed by atoms with Crippen LogP contribution in [0.1, 0.15) is 25.3 Å². The number of sulfonamides is 1. The molecule has 0 saturated carbocycles. The summed E-state index contributed by atoms with van der Waals surface area (Å²) in [6, 6.07) is 3.68. The SMILES string of the molecule is CCC(=O)N1CCCN(S(=O)(=O)c2ccc(F)cc2C)CC1. The van der Waals surface area contributed by atoms with Gasteiger partial charge in [-0.15, -0.1) is 0 Å². The van der Waals surface area contributed by atoms with E-state index in [2.05, 4.69) is 0 Å². The lowest BCUT2D eigenvalue weighted by Crippen LogP contribution is -2.37. The van der Waals surface area contributed by atoms with E-state index in [1.807, 2.05) is 0 Å². The van der Waals surface area contributed by atoms with Crippen LogP contribution in [0.2, 0.25) is 0 Å². The Labute approximate surface area is 130 Å². The summed E-state index contributed by atoms with van der Waals surface area (Å²) in [6.45, 7) is 4.98. The van der Waals surface area contributed by atoms with Crippen LogP contribution >= 0.6 is 0 Å². The quantitative estimate of drug-likeness (QED) is 0.850. The Bertz CT molecular complexity index is 661. The molecule has 1 amide bonds. The second-order valence-corrected chi connectivity index (χ2v) is 7.31. The Morgan fingerprint density at radius 3 is 2.59 bits per heavy atom. The summed E-state index contributed by atoms with van der Waals surface area (Å²) in [6.07, 6.45) is 1.02. The Hall–Kier alpha value is -1.47. The number of carbonyl (C=O) groups is 1. The Balaban J connectivity index is 2.21. The molecule has 0 aromatic heterocycles. The molecule has 1 fully saturated rings. The van der Waals surface area contributed by atoms with Gasteiger partial charge in [-0.1, -0.05) is 6.92 Å². The molecular weight excluding hydrogens is 307 g/mol. The fourth-order valence-electron chi connectivity index (χ4n) is 2.65. The summed E-state index contributed by atoms with van der Waals surface area (Å²) in [4.78, 5) is 13.6. The van der Waals surface area contributed by atoms with Crippen LogP contribution in [-0.2, 0) is 14.8 Å². The normalized spacial score (nSPS) is 17.3. The van der Waals surface area contributed by atoms with Crippen LogP contribution in [0.4, 0.5) is 4.39 Å². The lowest BCUT2D eigenvalue weighted by Gasteiger charge is -2.22. The van der Waals surface area contributed by atoms with Crippen molar-refractivity contribution in [1.29, 1.82) is 0 Å². The molecule has 0 unspecified atom stereocenters. The van der Waals surface area contributed by atoms with E-state index in [0.29, 0.717) is 38.0 Å². The van der Waals surface area contributed by atoms with E-state index in [4.69, 9.17) is 0 Å². The van der Waals surface area contributed by atoms with E-state index in [9.17, 15) is 17.6 Å². The van der Waals surface area contributed by atoms with Crippen molar-refractivity contribution >= 4 is 15.9 Å². The molecule has 22 heavy (non-hydrogen) atoms. The van der Waals surface area contributed by atoms with E-state index in [-0.39, 0.29) is 17.3 Å². The third-order valence-corrected chi connectivity index (χ3v) is 5.92. The van der Waals surface area contributed by atoms with E-state index < -0.39 is 15.8 Å². The highest BCUT2D eigenvalue weighted by molar-refractivity contribution is 7.89. The van der Waals surface area contributed by atoms with Crippen molar-refractivity contribution < 1.29 is 17.6 Å². The fourth-order valence-corrected chi connectivity index (χ4v) is 4.32. The van der Waals surface area contributed by atoms with Gasteiger partial charge in [0.25, 0.3) is 0 Å². The second kappa shape index (κ2) is 6.75. The summed E-state index contributed by atoms with van der Waals surface area (Å²) < 4.78 is 40.0. The monoisotopic (exact) mass is 328 g/mol. The number of nitrogens with zero attached hydrogens (tertiary/aromatic N) is 2. The smallest absolute Gasteiger partial charge is 0.243 e. The maximum Gasteiger partial charge on any atom is 0.243 e. The number of amides is 1. The fraction of sp³-hybridized carbons (Fsp3) is 0.533. The number of halogens is 1. The molecule has 1 aromatic carbocycles. The van der Waals surface area contributed by atoms with E-state index in [1.54, 1.807) is 18.7 Å². The highest BCUT2D eigenvalue weighted by Crippen LogP contribution is 2.22. The zero-order valence-electron chi connectivity index (χ0n) is 12.9. The second-order valence-electron chi connectivity index (χ2n) is 5.40.